The number of aryl methyl sites for hydroxylation is 2. The molecule has 380 valence electrons. The molecule has 73 heavy (non-hydrogen) atoms. The highest BCUT2D eigenvalue weighted by Gasteiger charge is 2.30. The van der Waals surface area contributed by atoms with Crippen LogP contribution in [-0.4, -0.2) is 70.4 Å². The molecule has 23 heteroatoms. The van der Waals surface area contributed by atoms with Gasteiger partial charge in [0.15, 0.2) is 11.6 Å². The minimum absolute atomic E-state index is 0.0296. The van der Waals surface area contributed by atoms with Gasteiger partial charge in [0.05, 0.1) is 54.2 Å². The minimum atomic E-state index is -4.19. The van der Waals surface area contributed by atoms with Crippen LogP contribution in [0.25, 0.3) is 22.1 Å². The SMILES string of the molecule is CCCc1ccc(S(=O)(=O)Nc2ccc(F)c(C(=O)c3c[nH]c4ncnc(Cl)c34)c2F)cc1.CCCc1ccc(S(=O)(=O)Nc2ccc(F)c(C(=O)c3c[nH]c4ncnc(NC5CC5)c34)c2F)cc1.NC1CC1. The van der Waals surface area contributed by atoms with Crippen LogP contribution in [-0.2, 0) is 32.9 Å². The van der Waals surface area contributed by atoms with E-state index >= 15 is 8.78 Å². The van der Waals surface area contributed by atoms with Gasteiger partial charge in [-0.2, -0.15) is 0 Å². The highest BCUT2D eigenvalue weighted by Crippen LogP contribution is 2.34. The second-order valence-corrected chi connectivity index (χ2v) is 20.9. The fraction of sp³-hybridized carbons (Fsp3) is 0.240. The number of benzene rings is 4. The molecule has 2 fully saturated rings. The van der Waals surface area contributed by atoms with Crippen molar-refractivity contribution in [3.63, 3.8) is 0 Å². The lowest BCUT2D eigenvalue weighted by Gasteiger charge is -2.12. The van der Waals surface area contributed by atoms with Gasteiger partial charge < -0.3 is 21.0 Å². The number of carbonyl (C=O) groups is 2. The molecule has 2 aliphatic rings. The number of rotatable bonds is 16. The van der Waals surface area contributed by atoms with Crippen molar-refractivity contribution in [2.75, 3.05) is 14.8 Å². The van der Waals surface area contributed by atoms with Crippen molar-refractivity contribution in [3.8, 4) is 0 Å². The third kappa shape index (κ3) is 11.8. The van der Waals surface area contributed by atoms with E-state index in [0.29, 0.717) is 22.9 Å². The topological polar surface area (TPSA) is 248 Å². The van der Waals surface area contributed by atoms with E-state index in [1.807, 2.05) is 13.8 Å². The molecule has 0 radical (unpaired) electrons. The predicted octanol–water partition coefficient (Wildman–Crippen LogP) is 9.78. The van der Waals surface area contributed by atoms with Crippen LogP contribution in [0.3, 0.4) is 0 Å². The summed E-state index contributed by atoms with van der Waals surface area (Å²) in [6.45, 7) is 4.01. The number of aromatic nitrogens is 6. The lowest BCUT2D eigenvalue weighted by Crippen LogP contribution is -2.16. The van der Waals surface area contributed by atoms with Gasteiger partial charge in [-0.3, -0.25) is 19.0 Å². The Morgan fingerprint density at radius 1 is 0.630 bits per heavy atom. The maximum atomic E-state index is 15.5. The summed E-state index contributed by atoms with van der Waals surface area (Å²) in [5.41, 5.74) is 4.59. The Labute approximate surface area is 421 Å². The van der Waals surface area contributed by atoms with E-state index in [1.165, 1.54) is 62.2 Å². The molecule has 2 aliphatic carbocycles. The number of ketones is 2. The van der Waals surface area contributed by atoms with Crippen LogP contribution in [0, 0.1) is 23.3 Å². The van der Waals surface area contributed by atoms with Gasteiger partial charge in [0.2, 0.25) is 11.6 Å². The molecule has 0 bridgehead atoms. The summed E-state index contributed by atoms with van der Waals surface area (Å²) in [5, 5.41) is 3.53. The molecular formula is C50H47ClF4N10O6S2. The first-order valence-electron chi connectivity index (χ1n) is 23.0. The van der Waals surface area contributed by atoms with Crippen molar-refractivity contribution in [1.29, 1.82) is 0 Å². The molecule has 4 aromatic carbocycles. The summed E-state index contributed by atoms with van der Waals surface area (Å²) in [5.74, 6) is -6.56. The van der Waals surface area contributed by atoms with E-state index < -0.39 is 77.4 Å². The summed E-state index contributed by atoms with van der Waals surface area (Å²) in [7, 11) is -8.37. The quantitative estimate of drug-likeness (QED) is 0.0301. The van der Waals surface area contributed by atoms with E-state index in [4.69, 9.17) is 17.3 Å². The van der Waals surface area contributed by atoms with E-state index in [0.717, 1.165) is 73.9 Å². The zero-order chi connectivity index (χ0) is 52.2. The molecule has 0 unspecified atom stereocenters. The molecule has 7 N–H and O–H groups in total. The summed E-state index contributed by atoms with van der Waals surface area (Å²) < 4.78 is 115. The van der Waals surface area contributed by atoms with Crippen LogP contribution < -0.4 is 20.5 Å². The first kappa shape index (κ1) is 52.1. The lowest BCUT2D eigenvalue weighted by atomic mass is 10.0. The zero-order valence-electron chi connectivity index (χ0n) is 39.1. The van der Waals surface area contributed by atoms with Crippen LogP contribution in [0.4, 0.5) is 34.8 Å². The predicted molar refractivity (Wildman–Crippen MR) is 269 cm³/mol. The Hall–Kier alpha value is -7.27. The van der Waals surface area contributed by atoms with E-state index in [1.54, 1.807) is 24.3 Å². The van der Waals surface area contributed by atoms with Gasteiger partial charge >= 0.3 is 0 Å². The molecule has 4 heterocycles. The monoisotopic (exact) mass is 1060 g/mol. The number of carbonyl (C=O) groups excluding carboxylic acids is 2. The van der Waals surface area contributed by atoms with E-state index in [-0.39, 0.29) is 43.1 Å². The summed E-state index contributed by atoms with van der Waals surface area (Å²) in [6, 6.07) is 16.6. The van der Waals surface area contributed by atoms with E-state index in [2.05, 4.69) is 44.7 Å². The fourth-order valence-electron chi connectivity index (χ4n) is 7.48. The van der Waals surface area contributed by atoms with Crippen LogP contribution >= 0.6 is 11.6 Å². The maximum absolute atomic E-state index is 15.5. The number of fused-ring (bicyclic) bond motifs is 2. The summed E-state index contributed by atoms with van der Waals surface area (Å²) >= 11 is 6.03. The number of nitrogens with two attached hydrogens (primary N) is 1. The number of nitrogens with one attached hydrogen (secondary N) is 5. The number of nitrogens with zero attached hydrogens (tertiary/aromatic N) is 4. The van der Waals surface area contributed by atoms with Crippen LogP contribution in [0.2, 0.25) is 5.15 Å². The Kier molecular flexibility index (Phi) is 15.6. The van der Waals surface area contributed by atoms with Crippen LogP contribution in [0.15, 0.2) is 108 Å². The smallest absolute Gasteiger partial charge is 0.261 e. The Morgan fingerprint density at radius 3 is 1.48 bits per heavy atom. The first-order chi connectivity index (χ1) is 34.9. The number of anilines is 3. The molecule has 0 amide bonds. The molecule has 2 saturated carbocycles. The van der Waals surface area contributed by atoms with Crippen molar-refractivity contribution in [1.82, 2.24) is 29.9 Å². The standard InChI is InChI=1S/C25H23F2N5O3S.C22H17ClF2N4O3S.C3H7N/c1-2-3-14-4-8-16(9-5-14)36(34,35)32-19-11-10-18(26)21(22(19)27)23(33)17-12-28-24-20(17)25(30-13-29-24)31-15-6-7-15;1-2-3-12-4-6-13(7-5-12)33(31,32)29-16-9-8-15(24)18(19(16)25)20(30)14-10-26-22-17(14)21(23)27-11-28-22;4-3-1-2-3/h4-5,8-13,15,32H,2-3,6-7H2,1H3,(H2,28,29,30,31);4-11,29H,2-3H2,1H3,(H,26,27,28);3H,1-2,4H2. The molecule has 10 rings (SSSR count). The average Bonchev–Trinajstić information content (AvgIpc) is 4.26. The van der Waals surface area contributed by atoms with Crippen molar-refractivity contribution < 1.29 is 44.0 Å². The van der Waals surface area contributed by atoms with Crippen molar-refractivity contribution in [2.24, 2.45) is 5.73 Å². The molecule has 0 saturated heterocycles. The van der Waals surface area contributed by atoms with Crippen molar-refractivity contribution in [3.05, 3.63) is 160 Å². The molecule has 4 aromatic heterocycles. The molecule has 0 spiro atoms. The molecular weight excluding hydrogens is 1010 g/mol. The largest absolute Gasteiger partial charge is 0.367 e. The van der Waals surface area contributed by atoms with Gasteiger partial charge in [0, 0.05) is 24.5 Å². The van der Waals surface area contributed by atoms with E-state index in [9.17, 15) is 35.2 Å². The van der Waals surface area contributed by atoms with Crippen LogP contribution in [0.1, 0.15) is 95.3 Å². The molecule has 0 atom stereocenters. The number of aromatic amines is 2. The normalized spacial score (nSPS) is 13.4. The van der Waals surface area contributed by atoms with Crippen molar-refractivity contribution >= 4 is 82.5 Å². The third-order valence-corrected chi connectivity index (χ3v) is 14.6. The minimum Gasteiger partial charge on any atom is -0.367 e. The van der Waals surface area contributed by atoms with Gasteiger partial charge in [-0.05, 0) is 98.2 Å². The molecule has 0 aliphatic heterocycles. The van der Waals surface area contributed by atoms with Crippen molar-refractivity contribution in [2.45, 2.75) is 87.1 Å². The van der Waals surface area contributed by atoms with Gasteiger partial charge in [0.1, 0.15) is 46.6 Å². The van der Waals surface area contributed by atoms with Crippen LogP contribution in [0.5, 0.6) is 0 Å². The summed E-state index contributed by atoms with van der Waals surface area (Å²) in [4.78, 5) is 47.7. The van der Waals surface area contributed by atoms with Gasteiger partial charge in [-0.15, -0.1) is 0 Å². The van der Waals surface area contributed by atoms with Gasteiger partial charge in [-0.1, -0.05) is 62.6 Å². The Morgan fingerprint density at radius 2 is 1.05 bits per heavy atom. The number of halogens is 5. The molecule has 8 aromatic rings. The fourth-order valence-corrected chi connectivity index (χ4v) is 9.83. The highest BCUT2D eigenvalue weighted by molar-refractivity contribution is 7.93. The molecule has 16 nitrogen and oxygen atoms in total. The number of sulfonamides is 2. The number of hydrogen-bond acceptors (Lipinski definition) is 12. The second-order valence-electron chi connectivity index (χ2n) is 17.2. The Balaban J connectivity index is 0.000000181. The third-order valence-electron chi connectivity index (χ3n) is 11.6. The zero-order valence-corrected chi connectivity index (χ0v) is 41.5. The Bertz CT molecular complexity index is 3590. The number of H-pyrrole nitrogens is 2. The van der Waals surface area contributed by atoms with Gasteiger partial charge in [0.25, 0.3) is 20.0 Å². The first-order valence-corrected chi connectivity index (χ1v) is 26.4. The average molecular weight is 1060 g/mol. The maximum Gasteiger partial charge on any atom is 0.261 e. The van der Waals surface area contributed by atoms with Gasteiger partial charge in [-0.25, -0.2) is 54.3 Å². The number of hydrogen-bond donors (Lipinski definition) is 6. The highest BCUT2D eigenvalue weighted by atomic mass is 35.5. The second kappa shape index (κ2) is 21.8. The summed E-state index contributed by atoms with van der Waals surface area (Å²) in [6.07, 6.45) is 12.8. The lowest BCUT2D eigenvalue weighted by molar-refractivity contribution is 0.102.